The Morgan fingerprint density at radius 2 is 2.28 bits per heavy atom. The first-order valence-corrected chi connectivity index (χ1v) is 7.95. The normalized spacial score (nSPS) is 13.1. The van der Waals surface area contributed by atoms with Crippen LogP contribution in [0.5, 0.6) is 0 Å². The van der Waals surface area contributed by atoms with Gasteiger partial charge in [-0.3, -0.25) is 0 Å². The SMILES string of the molecule is CSCCC(C)NCc1c[nH]c2cc(Cl)ccc12. The smallest absolute Gasteiger partial charge is 0.0472 e. The summed E-state index contributed by atoms with van der Waals surface area (Å²) in [5.74, 6) is 1.21. The standard InChI is InChI=1S/C14H19ClN2S/c1-10(5-6-18-2)16-8-11-9-17-14-7-12(15)3-4-13(11)14/h3-4,7,9-10,16-17H,5-6,8H2,1-2H3. The lowest BCUT2D eigenvalue weighted by Crippen LogP contribution is -2.25. The number of halogens is 1. The van der Waals surface area contributed by atoms with E-state index in [0.717, 1.165) is 17.1 Å². The van der Waals surface area contributed by atoms with Crippen LogP contribution in [0.1, 0.15) is 18.9 Å². The molecule has 18 heavy (non-hydrogen) atoms. The van der Waals surface area contributed by atoms with Crippen LogP contribution in [0.15, 0.2) is 24.4 Å². The van der Waals surface area contributed by atoms with Crippen molar-refractivity contribution < 1.29 is 0 Å². The second kappa shape index (κ2) is 6.50. The summed E-state index contributed by atoms with van der Waals surface area (Å²) in [5.41, 5.74) is 2.41. The maximum Gasteiger partial charge on any atom is 0.0472 e. The van der Waals surface area contributed by atoms with Gasteiger partial charge >= 0.3 is 0 Å². The first-order valence-electron chi connectivity index (χ1n) is 6.18. The van der Waals surface area contributed by atoms with Crippen molar-refractivity contribution in [2.75, 3.05) is 12.0 Å². The molecule has 2 N–H and O–H groups in total. The van der Waals surface area contributed by atoms with E-state index in [9.17, 15) is 0 Å². The van der Waals surface area contributed by atoms with E-state index in [-0.39, 0.29) is 0 Å². The number of H-pyrrole nitrogens is 1. The van der Waals surface area contributed by atoms with Gasteiger partial charge in [0, 0.05) is 34.7 Å². The molecule has 0 fully saturated rings. The molecule has 0 radical (unpaired) electrons. The monoisotopic (exact) mass is 282 g/mol. The van der Waals surface area contributed by atoms with Crippen molar-refractivity contribution in [3.63, 3.8) is 0 Å². The van der Waals surface area contributed by atoms with E-state index < -0.39 is 0 Å². The van der Waals surface area contributed by atoms with Crippen LogP contribution in [-0.4, -0.2) is 23.0 Å². The van der Waals surface area contributed by atoms with Crippen LogP contribution < -0.4 is 5.32 Å². The Kier molecular flexibility index (Phi) is 4.98. The van der Waals surface area contributed by atoms with Crippen LogP contribution in [0.2, 0.25) is 5.02 Å². The molecule has 1 atom stereocenters. The van der Waals surface area contributed by atoms with Crippen molar-refractivity contribution in [1.29, 1.82) is 0 Å². The predicted molar refractivity (Wildman–Crippen MR) is 82.6 cm³/mol. The highest BCUT2D eigenvalue weighted by molar-refractivity contribution is 7.98. The summed E-state index contributed by atoms with van der Waals surface area (Å²) in [6, 6.07) is 6.54. The molecule has 98 valence electrons. The van der Waals surface area contributed by atoms with Crippen LogP contribution >= 0.6 is 23.4 Å². The van der Waals surface area contributed by atoms with Gasteiger partial charge in [0.2, 0.25) is 0 Å². The molecule has 0 aliphatic rings. The molecular formula is C14H19ClN2S. The molecule has 0 aliphatic heterocycles. The Labute approximate surface area is 117 Å². The van der Waals surface area contributed by atoms with Crippen molar-refractivity contribution in [3.05, 3.63) is 35.0 Å². The molecule has 1 aromatic heterocycles. The highest BCUT2D eigenvalue weighted by Crippen LogP contribution is 2.22. The average molecular weight is 283 g/mol. The second-order valence-electron chi connectivity index (χ2n) is 4.57. The van der Waals surface area contributed by atoms with Crippen LogP contribution in [0.4, 0.5) is 0 Å². The van der Waals surface area contributed by atoms with E-state index in [0.29, 0.717) is 6.04 Å². The van der Waals surface area contributed by atoms with Gasteiger partial charge in [-0.25, -0.2) is 0 Å². The lowest BCUT2D eigenvalue weighted by Gasteiger charge is -2.12. The van der Waals surface area contributed by atoms with E-state index in [1.807, 2.05) is 23.9 Å². The largest absolute Gasteiger partial charge is 0.361 e. The number of nitrogens with one attached hydrogen (secondary N) is 2. The van der Waals surface area contributed by atoms with Crippen molar-refractivity contribution >= 4 is 34.3 Å². The fourth-order valence-electron chi connectivity index (χ4n) is 1.99. The minimum atomic E-state index is 0.551. The Bertz CT molecular complexity index is 509. The third-order valence-corrected chi connectivity index (χ3v) is 4.00. The van der Waals surface area contributed by atoms with Crippen molar-refractivity contribution in [2.24, 2.45) is 0 Å². The van der Waals surface area contributed by atoms with Crippen LogP contribution in [0, 0.1) is 0 Å². The second-order valence-corrected chi connectivity index (χ2v) is 5.99. The van der Waals surface area contributed by atoms with Crippen LogP contribution in [0.25, 0.3) is 10.9 Å². The Morgan fingerprint density at radius 1 is 1.44 bits per heavy atom. The zero-order valence-corrected chi connectivity index (χ0v) is 12.4. The van der Waals surface area contributed by atoms with Gasteiger partial charge in [0.05, 0.1) is 0 Å². The molecule has 2 nitrogen and oxygen atoms in total. The fraction of sp³-hybridized carbons (Fsp3) is 0.429. The molecule has 0 spiro atoms. The van der Waals surface area contributed by atoms with Gasteiger partial charge in [-0.2, -0.15) is 11.8 Å². The molecule has 1 aromatic carbocycles. The molecule has 2 aromatic rings. The maximum absolute atomic E-state index is 5.97. The third kappa shape index (κ3) is 3.44. The highest BCUT2D eigenvalue weighted by Gasteiger charge is 2.06. The molecule has 0 amide bonds. The third-order valence-electron chi connectivity index (χ3n) is 3.13. The van der Waals surface area contributed by atoms with Crippen LogP contribution in [0.3, 0.4) is 0 Å². The summed E-state index contributed by atoms with van der Waals surface area (Å²) >= 11 is 7.87. The van der Waals surface area contributed by atoms with Crippen molar-refractivity contribution in [1.82, 2.24) is 10.3 Å². The molecule has 0 bridgehead atoms. The van der Waals surface area contributed by atoms with E-state index in [1.165, 1.54) is 23.1 Å². The molecule has 0 saturated carbocycles. The van der Waals surface area contributed by atoms with Gasteiger partial charge in [0.1, 0.15) is 0 Å². The number of rotatable bonds is 6. The molecular weight excluding hydrogens is 264 g/mol. The number of aromatic amines is 1. The molecule has 1 unspecified atom stereocenters. The minimum absolute atomic E-state index is 0.551. The zero-order valence-electron chi connectivity index (χ0n) is 10.8. The number of thioether (sulfide) groups is 1. The highest BCUT2D eigenvalue weighted by atomic mass is 35.5. The lowest BCUT2D eigenvalue weighted by atomic mass is 10.1. The summed E-state index contributed by atoms with van der Waals surface area (Å²) in [7, 11) is 0. The number of aromatic nitrogens is 1. The summed E-state index contributed by atoms with van der Waals surface area (Å²) < 4.78 is 0. The van der Waals surface area contributed by atoms with Gasteiger partial charge in [0.15, 0.2) is 0 Å². The zero-order chi connectivity index (χ0) is 13.0. The van der Waals surface area contributed by atoms with Gasteiger partial charge in [-0.1, -0.05) is 17.7 Å². The number of hydrogen-bond acceptors (Lipinski definition) is 2. The van der Waals surface area contributed by atoms with Crippen LogP contribution in [-0.2, 0) is 6.54 Å². The lowest BCUT2D eigenvalue weighted by molar-refractivity contribution is 0.539. The summed E-state index contributed by atoms with van der Waals surface area (Å²) in [4.78, 5) is 3.27. The minimum Gasteiger partial charge on any atom is -0.361 e. The summed E-state index contributed by atoms with van der Waals surface area (Å²) in [6.45, 7) is 3.14. The Balaban J connectivity index is 1.99. The Hall–Kier alpha value is -0.640. The quantitative estimate of drug-likeness (QED) is 0.836. The first kappa shape index (κ1) is 13.8. The molecule has 0 aliphatic carbocycles. The topological polar surface area (TPSA) is 27.8 Å². The van der Waals surface area contributed by atoms with Gasteiger partial charge in [0.25, 0.3) is 0 Å². The molecule has 0 saturated heterocycles. The van der Waals surface area contributed by atoms with Crippen molar-refractivity contribution in [2.45, 2.75) is 25.9 Å². The molecule has 2 rings (SSSR count). The van der Waals surface area contributed by atoms with E-state index in [1.54, 1.807) is 0 Å². The number of hydrogen-bond donors (Lipinski definition) is 2. The summed E-state index contributed by atoms with van der Waals surface area (Å²) in [6.07, 6.45) is 5.42. The van der Waals surface area contributed by atoms with Gasteiger partial charge in [-0.15, -0.1) is 0 Å². The average Bonchev–Trinajstić information content (AvgIpc) is 2.76. The van der Waals surface area contributed by atoms with Gasteiger partial charge < -0.3 is 10.3 Å². The fourth-order valence-corrected chi connectivity index (χ4v) is 2.75. The Morgan fingerprint density at radius 3 is 3.06 bits per heavy atom. The van der Waals surface area contributed by atoms with E-state index in [4.69, 9.17) is 11.6 Å². The number of benzene rings is 1. The first-order chi connectivity index (χ1) is 8.70. The van der Waals surface area contributed by atoms with E-state index in [2.05, 4.69) is 35.7 Å². The number of fused-ring (bicyclic) bond motifs is 1. The van der Waals surface area contributed by atoms with Crippen molar-refractivity contribution in [3.8, 4) is 0 Å². The summed E-state index contributed by atoms with van der Waals surface area (Å²) in [5, 5.41) is 5.59. The maximum atomic E-state index is 5.97. The predicted octanol–water partition coefficient (Wildman–Crippen LogP) is 4.05. The molecule has 1 heterocycles. The van der Waals surface area contributed by atoms with E-state index >= 15 is 0 Å². The van der Waals surface area contributed by atoms with Gasteiger partial charge in [-0.05, 0) is 43.0 Å². The molecule has 4 heteroatoms.